The third-order valence-corrected chi connectivity index (χ3v) is 6.39. The molecule has 2 saturated heterocycles. The Morgan fingerprint density at radius 2 is 1.52 bits per heavy atom. The zero-order chi connectivity index (χ0) is 20.1. The molecule has 0 unspecified atom stereocenters. The summed E-state index contributed by atoms with van der Waals surface area (Å²) in [5, 5.41) is 0. The van der Waals surface area contributed by atoms with Crippen LogP contribution in [0.25, 0.3) is 0 Å². The lowest BCUT2D eigenvalue weighted by molar-refractivity contribution is 0.0993. The summed E-state index contributed by atoms with van der Waals surface area (Å²) in [6.07, 6.45) is 2.50. The van der Waals surface area contributed by atoms with Crippen molar-refractivity contribution in [3.8, 4) is 11.5 Å². The quantitative estimate of drug-likeness (QED) is 0.747. The molecule has 2 aliphatic rings. The van der Waals surface area contributed by atoms with Crippen molar-refractivity contribution in [2.24, 2.45) is 0 Å². The normalized spacial score (nSPS) is 19.3. The smallest absolute Gasteiger partial charge is 0.165 e. The molecule has 0 atom stereocenters. The third-order valence-electron chi connectivity index (χ3n) is 6.39. The molecule has 4 rings (SSSR count). The molecule has 0 amide bonds. The Balaban J connectivity index is 1.27. The SMILES string of the molecule is COc1cccc(CN2CCC(N3CCN(c4ccccc4)CC3)CC2)c1OC. The van der Waals surface area contributed by atoms with Gasteiger partial charge in [-0.25, -0.2) is 0 Å². The summed E-state index contributed by atoms with van der Waals surface area (Å²) in [5.74, 6) is 1.69. The van der Waals surface area contributed by atoms with Crippen LogP contribution in [-0.4, -0.2) is 69.3 Å². The summed E-state index contributed by atoms with van der Waals surface area (Å²) in [6.45, 7) is 7.81. The fourth-order valence-electron chi connectivity index (χ4n) is 4.75. The van der Waals surface area contributed by atoms with E-state index in [4.69, 9.17) is 9.47 Å². The summed E-state index contributed by atoms with van der Waals surface area (Å²) >= 11 is 0. The van der Waals surface area contributed by atoms with Crippen LogP contribution in [0.5, 0.6) is 11.5 Å². The van der Waals surface area contributed by atoms with Crippen LogP contribution in [-0.2, 0) is 6.54 Å². The third kappa shape index (κ3) is 4.68. The van der Waals surface area contributed by atoms with E-state index in [2.05, 4.69) is 57.2 Å². The monoisotopic (exact) mass is 395 g/mol. The first-order chi connectivity index (χ1) is 14.3. The number of anilines is 1. The van der Waals surface area contributed by atoms with Crippen LogP contribution in [0, 0.1) is 0 Å². The largest absolute Gasteiger partial charge is 0.493 e. The number of piperidine rings is 1. The van der Waals surface area contributed by atoms with Crippen molar-refractivity contribution in [1.29, 1.82) is 0 Å². The second kappa shape index (κ2) is 9.51. The van der Waals surface area contributed by atoms with Gasteiger partial charge in [-0.2, -0.15) is 0 Å². The fourth-order valence-corrected chi connectivity index (χ4v) is 4.75. The minimum atomic E-state index is 0.719. The van der Waals surface area contributed by atoms with Gasteiger partial charge < -0.3 is 14.4 Å². The van der Waals surface area contributed by atoms with E-state index in [9.17, 15) is 0 Å². The van der Waals surface area contributed by atoms with Crippen LogP contribution in [0.4, 0.5) is 5.69 Å². The van der Waals surface area contributed by atoms with Gasteiger partial charge in [0, 0.05) is 50.0 Å². The fraction of sp³-hybridized carbons (Fsp3) is 0.500. The predicted octanol–water partition coefficient (Wildman–Crippen LogP) is 3.49. The number of likely N-dealkylation sites (tertiary alicyclic amines) is 1. The molecule has 5 nitrogen and oxygen atoms in total. The van der Waals surface area contributed by atoms with Crippen LogP contribution in [0.3, 0.4) is 0 Å². The molecular formula is C24H33N3O2. The molecule has 0 N–H and O–H groups in total. The molecule has 2 fully saturated rings. The van der Waals surface area contributed by atoms with Gasteiger partial charge in [0.05, 0.1) is 14.2 Å². The molecule has 5 heteroatoms. The Hall–Kier alpha value is -2.24. The van der Waals surface area contributed by atoms with Gasteiger partial charge in [-0.15, -0.1) is 0 Å². The lowest BCUT2D eigenvalue weighted by atomic mass is 10.0. The second-order valence-corrected chi connectivity index (χ2v) is 8.02. The van der Waals surface area contributed by atoms with Gasteiger partial charge in [-0.1, -0.05) is 30.3 Å². The minimum Gasteiger partial charge on any atom is -0.493 e. The van der Waals surface area contributed by atoms with E-state index in [0.717, 1.165) is 50.3 Å². The first-order valence-electron chi connectivity index (χ1n) is 10.7. The van der Waals surface area contributed by atoms with Gasteiger partial charge in [0.1, 0.15) is 0 Å². The Kier molecular flexibility index (Phi) is 6.57. The van der Waals surface area contributed by atoms with E-state index >= 15 is 0 Å². The van der Waals surface area contributed by atoms with Gasteiger partial charge in [0.15, 0.2) is 11.5 Å². The summed E-state index contributed by atoms with van der Waals surface area (Å²) in [6, 6.07) is 17.7. The highest BCUT2D eigenvalue weighted by Crippen LogP contribution is 2.32. The minimum absolute atomic E-state index is 0.719. The number of benzene rings is 2. The number of piperazine rings is 1. The number of para-hydroxylation sites is 2. The highest BCUT2D eigenvalue weighted by Gasteiger charge is 2.28. The van der Waals surface area contributed by atoms with E-state index in [0.29, 0.717) is 0 Å². The topological polar surface area (TPSA) is 28.2 Å². The first-order valence-corrected chi connectivity index (χ1v) is 10.7. The average molecular weight is 396 g/mol. The van der Waals surface area contributed by atoms with Crippen LogP contribution >= 0.6 is 0 Å². The molecule has 0 aromatic heterocycles. The Morgan fingerprint density at radius 3 is 2.17 bits per heavy atom. The highest BCUT2D eigenvalue weighted by atomic mass is 16.5. The molecule has 0 spiro atoms. The molecule has 0 saturated carbocycles. The standard InChI is InChI=1S/C24H33N3O2/c1-28-23-10-6-7-20(24(23)29-2)19-25-13-11-22(12-14-25)27-17-15-26(16-18-27)21-8-4-3-5-9-21/h3-10,22H,11-19H2,1-2H3. The van der Waals surface area contributed by atoms with Gasteiger partial charge in [0.25, 0.3) is 0 Å². The van der Waals surface area contributed by atoms with Crippen LogP contribution in [0.15, 0.2) is 48.5 Å². The average Bonchev–Trinajstić information content (AvgIpc) is 2.80. The summed E-state index contributed by atoms with van der Waals surface area (Å²) in [5.41, 5.74) is 2.57. The van der Waals surface area contributed by atoms with Gasteiger partial charge in [-0.3, -0.25) is 9.80 Å². The Labute approximate surface area is 174 Å². The van der Waals surface area contributed by atoms with Gasteiger partial charge in [-0.05, 0) is 44.1 Å². The first kappa shape index (κ1) is 20.0. The predicted molar refractivity (Wildman–Crippen MR) is 118 cm³/mol. The molecule has 0 radical (unpaired) electrons. The maximum absolute atomic E-state index is 5.61. The van der Waals surface area contributed by atoms with Crippen molar-refractivity contribution in [2.45, 2.75) is 25.4 Å². The lowest BCUT2D eigenvalue weighted by Gasteiger charge is -2.43. The summed E-state index contributed by atoms with van der Waals surface area (Å²) in [7, 11) is 3.42. The number of nitrogens with zero attached hydrogens (tertiary/aromatic N) is 3. The zero-order valence-corrected chi connectivity index (χ0v) is 17.7. The van der Waals surface area contributed by atoms with Crippen LogP contribution < -0.4 is 14.4 Å². The molecule has 2 heterocycles. The number of hydrogen-bond acceptors (Lipinski definition) is 5. The van der Waals surface area contributed by atoms with Crippen molar-refractivity contribution in [1.82, 2.24) is 9.80 Å². The van der Waals surface area contributed by atoms with Crippen LogP contribution in [0.1, 0.15) is 18.4 Å². The van der Waals surface area contributed by atoms with E-state index < -0.39 is 0 Å². The lowest BCUT2D eigenvalue weighted by Crippen LogP contribution is -2.53. The van der Waals surface area contributed by atoms with Crippen molar-refractivity contribution < 1.29 is 9.47 Å². The maximum Gasteiger partial charge on any atom is 0.165 e. The molecule has 2 aromatic rings. The van der Waals surface area contributed by atoms with Crippen LogP contribution in [0.2, 0.25) is 0 Å². The molecule has 2 aromatic carbocycles. The Bertz CT molecular complexity index is 767. The highest BCUT2D eigenvalue weighted by molar-refractivity contribution is 5.47. The summed E-state index contributed by atoms with van der Waals surface area (Å²) < 4.78 is 11.1. The maximum atomic E-state index is 5.61. The number of methoxy groups -OCH3 is 2. The van der Waals surface area contributed by atoms with Gasteiger partial charge >= 0.3 is 0 Å². The van der Waals surface area contributed by atoms with E-state index in [1.54, 1.807) is 14.2 Å². The van der Waals surface area contributed by atoms with E-state index in [-0.39, 0.29) is 0 Å². The molecule has 2 aliphatic heterocycles. The summed E-state index contributed by atoms with van der Waals surface area (Å²) in [4.78, 5) is 7.78. The van der Waals surface area contributed by atoms with Gasteiger partial charge in [0.2, 0.25) is 0 Å². The number of rotatable bonds is 6. The van der Waals surface area contributed by atoms with E-state index in [1.807, 2.05) is 6.07 Å². The zero-order valence-electron chi connectivity index (χ0n) is 17.7. The molecule has 29 heavy (non-hydrogen) atoms. The van der Waals surface area contributed by atoms with Crippen molar-refractivity contribution >= 4 is 5.69 Å². The molecular weight excluding hydrogens is 362 g/mol. The van der Waals surface area contributed by atoms with Crippen molar-refractivity contribution in [3.05, 3.63) is 54.1 Å². The number of ether oxygens (including phenoxy) is 2. The number of hydrogen-bond donors (Lipinski definition) is 0. The Morgan fingerprint density at radius 1 is 0.793 bits per heavy atom. The van der Waals surface area contributed by atoms with E-state index in [1.165, 1.54) is 37.2 Å². The molecule has 0 aliphatic carbocycles. The van der Waals surface area contributed by atoms with Crippen molar-refractivity contribution in [3.63, 3.8) is 0 Å². The second-order valence-electron chi connectivity index (χ2n) is 8.02. The van der Waals surface area contributed by atoms with Crippen molar-refractivity contribution in [2.75, 3.05) is 58.4 Å². The molecule has 0 bridgehead atoms. The molecule has 156 valence electrons.